The van der Waals surface area contributed by atoms with Gasteiger partial charge in [-0.05, 0) is 77.0 Å². The molecule has 1 aliphatic rings. The summed E-state index contributed by atoms with van der Waals surface area (Å²) in [6.07, 6.45) is 1.78. The van der Waals surface area contributed by atoms with Crippen molar-refractivity contribution < 1.29 is 4.39 Å². The molecule has 7 heteroatoms. The summed E-state index contributed by atoms with van der Waals surface area (Å²) in [5.74, 6) is -0.219. The van der Waals surface area contributed by atoms with Gasteiger partial charge in [0, 0.05) is 26.6 Å². The molecule has 132 valence electrons. The van der Waals surface area contributed by atoms with E-state index in [1.807, 2.05) is 24.3 Å². The molecular weight excluding hydrogens is 433 g/mol. The third-order valence-corrected chi connectivity index (χ3v) is 6.48. The van der Waals surface area contributed by atoms with Crippen LogP contribution in [-0.4, -0.2) is 10.1 Å². The van der Waals surface area contributed by atoms with Crippen LogP contribution >= 0.6 is 39.5 Å². The van der Waals surface area contributed by atoms with Crippen molar-refractivity contribution in [3.8, 4) is 0 Å². The van der Waals surface area contributed by atoms with Crippen molar-refractivity contribution in [2.75, 3.05) is 4.90 Å². The molecule has 0 bridgehead atoms. The number of hydrogen-bond acceptors (Lipinski definition) is 3. The van der Waals surface area contributed by atoms with Crippen molar-refractivity contribution in [2.24, 2.45) is 0 Å². The number of thiophene rings is 1. The van der Waals surface area contributed by atoms with Crippen molar-refractivity contribution in [3.05, 3.63) is 80.5 Å². The Balaban J connectivity index is 1.83. The minimum Gasteiger partial charge on any atom is -0.351 e. The fourth-order valence-electron chi connectivity index (χ4n) is 3.18. The lowest BCUT2D eigenvalue weighted by Gasteiger charge is -2.27. The van der Waals surface area contributed by atoms with E-state index in [4.69, 9.17) is 12.2 Å². The monoisotopic (exact) mass is 447 g/mol. The van der Waals surface area contributed by atoms with Gasteiger partial charge in [0.05, 0.1) is 17.8 Å². The van der Waals surface area contributed by atoms with Crippen LogP contribution in [0.4, 0.5) is 10.1 Å². The number of halogens is 2. The molecule has 1 fully saturated rings. The summed E-state index contributed by atoms with van der Waals surface area (Å²) < 4.78 is 14.8. The zero-order chi connectivity index (χ0) is 18.3. The molecule has 3 nitrogen and oxygen atoms in total. The molecule has 0 aliphatic carbocycles. The van der Waals surface area contributed by atoms with E-state index in [0.29, 0.717) is 10.7 Å². The fourth-order valence-corrected chi connectivity index (χ4v) is 5.10. The van der Waals surface area contributed by atoms with Gasteiger partial charge in [0.2, 0.25) is 0 Å². The highest BCUT2D eigenvalue weighted by Gasteiger charge is 2.41. The molecule has 0 radical (unpaired) electrons. The second-order valence-electron chi connectivity index (χ2n) is 6.10. The van der Waals surface area contributed by atoms with Crippen LogP contribution in [0.25, 0.3) is 0 Å². The number of pyridine rings is 1. The van der Waals surface area contributed by atoms with Gasteiger partial charge in [0.25, 0.3) is 0 Å². The molecule has 3 aromatic rings. The van der Waals surface area contributed by atoms with Gasteiger partial charge in [-0.25, -0.2) is 4.39 Å². The predicted molar refractivity (Wildman–Crippen MR) is 111 cm³/mol. The van der Waals surface area contributed by atoms with E-state index in [2.05, 4.69) is 42.6 Å². The fraction of sp³-hybridized carbons (Fsp3) is 0.158. The van der Waals surface area contributed by atoms with E-state index in [0.717, 1.165) is 20.7 Å². The summed E-state index contributed by atoms with van der Waals surface area (Å²) in [5.41, 5.74) is 2.39. The first-order valence-corrected chi connectivity index (χ1v) is 10.1. The number of hydrogen-bond donors (Lipinski definition) is 1. The van der Waals surface area contributed by atoms with Crippen LogP contribution in [0, 0.1) is 12.7 Å². The molecule has 1 aliphatic heterocycles. The first kappa shape index (κ1) is 17.6. The van der Waals surface area contributed by atoms with E-state index < -0.39 is 0 Å². The quantitative estimate of drug-likeness (QED) is 0.534. The van der Waals surface area contributed by atoms with Crippen LogP contribution in [-0.2, 0) is 0 Å². The molecule has 4 rings (SSSR count). The Labute approximate surface area is 169 Å². The summed E-state index contributed by atoms with van der Waals surface area (Å²) in [7, 11) is 0. The highest BCUT2D eigenvalue weighted by molar-refractivity contribution is 9.10. The molecule has 1 N–H and O–H groups in total. The molecule has 2 aromatic heterocycles. The summed E-state index contributed by atoms with van der Waals surface area (Å²) >= 11 is 10.9. The normalized spacial score (nSPS) is 19.7. The van der Waals surface area contributed by atoms with Crippen LogP contribution < -0.4 is 10.2 Å². The van der Waals surface area contributed by atoms with E-state index in [9.17, 15) is 4.39 Å². The van der Waals surface area contributed by atoms with Crippen LogP contribution in [0.2, 0.25) is 0 Å². The van der Waals surface area contributed by atoms with Gasteiger partial charge in [0.1, 0.15) is 5.82 Å². The van der Waals surface area contributed by atoms with Gasteiger partial charge in [-0.1, -0.05) is 6.07 Å². The molecule has 1 saturated heterocycles. The molecule has 1 aromatic carbocycles. The summed E-state index contributed by atoms with van der Waals surface area (Å²) in [4.78, 5) is 7.73. The van der Waals surface area contributed by atoms with Gasteiger partial charge in [0.15, 0.2) is 5.11 Å². The van der Waals surface area contributed by atoms with Crippen molar-refractivity contribution in [1.29, 1.82) is 0 Å². The minimum atomic E-state index is -0.219. The number of nitrogens with one attached hydrogen (secondary N) is 1. The highest BCUT2D eigenvalue weighted by atomic mass is 79.9. The molecule has 3 heterocycles. The second-order valence-corrected chi connectivity index (χ2v) is 8.34. The van der Waals surface area contributed by atoms with Gasteiger partial charge in [-0.3, -0.25) is 4.98 Å². The van der Waals surface area contributed by atoms with Crippen molar-refractivity contribution >= 4 is 50.3 Å². The molecule has 0 amide bonds. The molecule has 26 heavy (non-hydrogen) atoms. The Morgan fingerprint density at radius 3 is 2.77 bits per heavy atom. The smallest absolute Gasteiger partial charge is 0.174 e. The summed E-state index contributed by atoms with van der Waals surface area (Å²) in [6.45, 7) is 1.76. The minimum absolute atomic E-state index is 0.0569. The molecule has 0 saturated carbocycles. The maximum absolute atomic E-state index is 13.8. The maximum Gasteiger partial charge on any atom is 0.174 e. The topological polar surface area (TPSA) is 28.2 Å². The first-order valence-electron chi connectivity index (χ1n) is 8.05. The highest BCUT2D eigenvalue weighted by Crippen LogP contribution is 2.44. The Hall–Kier alpha value is -1.83. The van der Waals surface area contributed by atoms with E-state index in [1.165, 1.54) is 6.07 Å². The standard InChI is InChI=1S/C19H15BrFN3S2/c1-11-8-13(5-6-14(11)21)24-18(16-9-12(20)10-26-16)17(23-19(24)25)15-4-2-3-7-22-15/h2-10,17-18H,1H3,(H,23,25)/t17-,18-/m1/s1. The number of nitrogens with zero attached hydrogens (tertiary/aromatic N) is 2. The van der Waals surface area contributed by atoms with Gasteiger partial charge < -0.3 is 10.2 Å². The van der Waals surface area contributed by atoms with E-state index >= 15 is 0 Å². The van der Waals surface area contributed by atoms with Crippen LogP contribution in [0.3, 0.4) is 0 Å². The molecule has 0 unspecified atom stereocenters. The average Bonchev–Trinajstić information content (AvgIpc) is 3.21. The Morgan fingerprint density at radius 1 is 1.27 bits per heavy atom. The van der Waals surface area contributed by atoms with E-state index in [-0.39, 0.29) is 17.9 Å². The van der Waals surface area contributed by atoms with Crippen LogP contribution in [0.5, 0.6) is 0 Å². The third kappa shape index (κ3) is 3.15. The zero-order valence-corrected chi connectivity index (χ0v) is 17.0. The number of anilines is 1. The largest absolute Gasteiger partial charge is 0.351 e. The van der Waals surface area contributed by atoms with Crippen LogP contribution in [0.15, 0.2) is 58.5 Å². The Morgan fingerprint density at radius 2 is 2.12 bits per heavy atom. The summed E-state index contributed by atoms with van der Waals surface area (Å²) in [6, 6.07) is 12.9. The first-order chi connectivity index (χ1) is 12.5. The lowest BCUT2D eigenvalue weighted by atomic mass is 10.0. The molecule has 0 spiro atoms. The number of thiocarbonyl (C=S) groups is 1. The predicted octanol–water partition coefficient (Wildman–Crippen LogP) is 5.53. The van der Waals surface area contributed by atoms with Gasteiger partial charge in [-0.15, -0.1) is 11.3 Å². The van der Waals surface area contributed by atoms with Gasteiger partial charge in [-0.2, -0.15) is 0 Å². The number of aromatic nitrogens is 1. The van der Waals surface area contributed by atoms with Crippen molar-refractivity contribution in [2.45, 2.75) is 19.0 Å². The second kappa shape index (κ2) is 7.06. The maximum atomic E-state index is 13.8. The average molecular weight is 448 g/mol. The Kier molecular flexibility index (Phi) is 4.77. The van der Waals surface area contributed by atoms with Crippen LogP contribution in [0.1, 0.15) is 28.2 Å². The number of benzene rings is 1. The third-order valence-electron chi connectivity index (χ3n) is 4.40. The number of aryl methyl sites for hydroxylation is 1. The lowest BCUT2D eigenvalue weighted by Crippen LogP contribution is -2.29. The number of rotatable bonds is 3. The molecule has 2 atom stereocenters. The van der Waals surface area contributed by atoms with E-state index in [1.54, 1.807) is 30.5 Å². The van der Waals surface area contributed by atoms with Crippen molar-refractivity contribution in [1.82, 2.24) is 10.3 Å². The van der Waals surface area contributed by atoms with Crippen molar-refractivity contribution in [3.63, 3.8) is 0 Å². The SMILES string of the molecule is Cc1cc(N2C(=S)N[C@H](c3ccccn3)[C@H]2c2cc(Br)cs2)ccc1F. The van der Waals surface area contributed by atoms with Gasteiger partial charge >= 0.3 is 0 Å². The Bertz CT molecular complexity index is 960. The lowest BCUT2D eigenvalue weighted by molar-refractivity contribution is 0.574. The molecular formula is C19H15BrFN3S2. The summed E-state index contributed by atoms with van der Waals surface area (Å²) in [5, 5.41) is 6.07. The zero-order valence-electron chi connectivity index (χ0n) is 13.8.